The SMILES string of the molecule is CO/N=C(\c1ccc(Cl)cc1)c1ccc(OCCCCCN2CCN(CC(=O)NC(C)C)CC2)cc1. The second kappa shape index (κ2) is 14.8. The topological polar surface area (TPSA) is 66.4 Å². The second-order valence-corrected chi connectivity index (χ2v) is 9.84. The molecule has 1 fully saturated rings. The van der Waals surface area contributed by atoms with E-state index in [1.807, 2.05) is 62.4 Å². The molecule has 1 amide bonds. The molecule has 36 heavy (non-hydrogen) atoms. The van der Waals surface area contributed by atoms with Crippen LogP contribution in [-0.2, 0) is 9.63 Å². The van der Waals surface area contributed by atoms with Gasteiger partial charge in [-0.25, -0.2) is 0 Å². The molecule has 0 aliphatic carbocycles. The van der Waals surface area contributed by atoms with Crippen molar-refractivity contribution in [3.63, 3.8) is 0 Å². The number of ether oxygens (including phenoxy) is 1. The molecule has 1 heterocycles. The zero-order valence-electron chi connectivity index (χ0n) is 21.7. The Balaban J connectivity index is 1.31. The van der Waals surface area contributed by atoms with Gasteiger partial charge in [-0.3, -0.25) is 9.69 Å². The molecule has 0 unspecified atom stereocenters. The van der Waals surface area contributed by atoms with E-state index in [4.69, 9.17) is 21.2 Å². The van der Waals surface area contributed by atoms with Gasteiger partial charge in [-0.15, -0.1) is 0 Å². The smallest absolute Gasteiger partial charge is 0.234 e. The van der Waals surface area contributed by atoms with Gasteiger partial charge in [0.2, 0.25) is 5.91 Å². The summed E-state index contributed by atoms with van der Waals surface area (Å²) >= 11 is 6.01. The van der Waals surface area contributed by atoms with Gasteiger partial charge in [0.15, 0.2) is 0 Å². The monoisotopic (exact) mass is 514 g/mol. The van der Waals surface area contributed by atoms with E-state index >= 15 is 0 Å². The van der Waals surface area contributed by atoms with Gasteiger partial charge in [0.1, 0.15) is 18.6 Å². The number of nitrogens with one attached hydrogen (secondary N) is 1. The van der Waals surface area contributed by atoms with E-state index in [9.17, 15) is 4.79 Å². The van der Waals surface area contributed by atoms with E-state index in [1.165, 1.54) is 0 Å². The number of oxime groups is 1. The molecule has 196 valence electrons. The predicted octanol–water partition coefficient (Wildman–Crippen LogP) is 4.43. The number of hydrogen-bond acceptors (Lipinski definition) is 6. The molecule has 7 nitrogen and oxygen atoms in total. The minimum Gasteiger partial charge on any atom is -0.494 e. The molecule has 8 heteroatoms. The molecule has 1 aliphatic rings. The molecular formula is C28H39ClN4O3. The lowest BCUT2D eigenvalue weighted by atomic mass is 10.0. The Morgan fingerprint density at radius 3 is 2.17 bits per heavy atom. The molecule has 1 saturated heterocycles. The molecule has 0 saturated carbocycles. The maximum Gasteiger partial charge on any atom is 0.234 e. The Bertz CT molecular complexity index is 956. The summed E-state index contributed by atoms with van der Waals surface area (Å²) in [6.07, 6.45) is 3.32. The number of amides is 1. The van der Waals surface area contributed by atoms with E-state index < -0.39 is 0 Å². The number of hydrogen-bond donors (Lipinski definition) is 1. The first-order valence-corrected chi connectivity index (χ1v) is 13.2. The number of nitrogens with zero attached hydrogens (tertiary/aromatic N) is 3. The lowest BCUT2D eigenvalue weighted by Gasteiger charge is -2.34. The van der Waals surface area contributed by atoms with Crippen molar-refractivity contribution in [3.8, 4) is 5.75 Å². The van der Waals surface area contributed by atoms with Crippen LogP contribution >= 0.6 is 11.6 Å². The van der Waals surface area contributed by atoms with E-state index in [-0.39, 0.29) is 11.9 Å². The van der Waals surface area contributed by atoms with Crippen LogP contribution in [0.5, 0.6) is 5.75 Å². The van der Waals surface area contributed by atoms with Crippen LogP contribution in [0.3, 0.4) is 0 Å². The number of halogens is 1. The predicted molar refractivity (Wildman–Crippen MR) is 146 cm³/mol. The molecule has 1 aliphatic heterocycles. The molecule has 2 aromatic carbocycles. The molecule has 0 aromatic heterocycles. The van der Waals surface area contributed by atoms with Crippen molar-refractivity contribution in [2.24, 2.45) is 5.16 Å². The van der Waals surface area contributed by atoms with Crippen molar-refractivity contribution >= 4 is 23.2 Å². The van der Waals surface area contributed by atoms with Crippen molar-refractivity contribution in [1.29, 1.82) is 0 Å². The second-order valence-electron chi connectivity index (χ2n) is 9.40. The zero-order chi connectivity index (χ0) is 25.8. The summed E-state index contributed by atoms with van der Waals surface area (Å²) in [6.45, 7) is 10.3. The van der Waals surface area contributed by atoms with E-state index in [0.717, 1.165) is 74.6 Å². The largest absolute Gasteiger partial charge is 0.494 e. The fourth-order valence-electron chi connectivity index (χ4n) is 4.23. The number of carbonyl (C=O) groups is 1. The summed E-state index contributed by atoms with van der Waals surface area (Å²) in [6, 6.07) is 15.7. The Kier molecular flexibility index (Phi) is 11.5. The standard InChI is InChI=1S/C28H39ClN4O3/c1-22(2)30-27(34)21-33-18-16-32(17-19-33)15-5-4-6-20-36-26-13-9-24(10-14-26)28(31-35-3)23-7-11-25(29)12-8-23/h7-14,22H,4-6,15-21H2,1-3H3,(H,30,34)/b31-28+. The molecule has 0 atom stereocenters. The van der Waals surface area contributed by atoms with Crippen LogP contribution in [0, 0.1) is 0 Å². The third-order valence-corrected chi connectivity index (χ3v) is 6.35. The Morgan fingerprint density at radius 2 is 1.56 bits per heavy atom. The molecule has 0 spiro atoms. The quantitative estimate of drug-likeness (QED) is 0.243. The summed E-state index contributed by atoms with van der Waals surface area (Å²) in [4.78, 5) is 21.7. The van der Waals surface area contributed by atoms with Crippen molar-refractivity contribution in [3.05, 3.63) is 64.7 Å². The average Bonchev–Trinajstić information content (AvgIpc) is 2.86. The summed E-state index contributed by atoms with van der Waals surface area (Å²) in [5.41, 5.74) is 2.64. The van der Waals surface area contributed by atoms with Crippen LogP contribution in [0.1, 0.15) is 44.2 Å². The van der Waals surface area contributed by atoms with E-state index in [0.29, 0.717) is 18.2 Å². The Morgan fingerprint density at radius 1 is 0.944 bits per heavy atom. The summed E-state index contributed by atoms with van der Waals surface area (Å²) in [7, 11) is 1.54. The van der Waals surface area contributed by atoms with Crippen LogP contribution in [0.15, 0.2) is 53.7 Å². The number of unbranched alkanes of at least 4 members (excludes halogenated alkanes) is 2. The normalized spacial score (nSPS) is 15.2. The maximum absolute atomic E-state index is 11.9. The summed E-state index contributed by atoms with van der Waals surface area (Å²) in [5.74, 6) is 0.974. The van der Waals surface area contributed by atoms with Crippen molar-refractivity contribution in [2.45, 2.75) is 39.2 Å². The van der Waals surface area contributed by atoms with Crippen LogP contribution < -0.4 is 10.1 Å². The minimum absolute atomic E-state index is 0.123. The Labute approximate surface area is 220 Å². The van der Waals surface area contributed by atoms with Crippen molar-refractivity contribution in [2.75, 3.05) is 53.0 Å². The summed E-state index contributed by atoms with van der Waals surface area (Å²) < 4.78 is 5.95. The van der Waals surface area contributed by atoms with Crippen LogP contribution in [0.2, 0.25) is 5.02 Å². The van der Waals surface area contributed by atoms with Gasteiger partial charge >= 0.3 is 0 Å². The first-order chi connectivity index (χ1) is 17.4. The van der Waals surface area contributed by atoms with Gasteiger partial charge in [-0.2, -0.15) is 0 Å². The average molecular weight is 515 g/mol. The minimum atomic E-state index is 0.123. The number of piperazine rings is 1. The van der Waals surface area contributed by atoms with Crippen molar-refractivity contribution < 1.29 is 14.4 Å². The van der Waals surface area contributed by atoms with Gasteiger partial charge < -0.3 is 19.8 Å². The number of rotatable bonds is 13. The third kappa shape index (κ3) is 9.45. The van der Waals surface area contributed by atoms with Gasteiger partial charge in [0, 0.05) is 48.4 Å². The van der Waals surface area contributed by atoms with Gasteiger partial charge in [-0.05, 0) is 76.1 Å². The third-order valence-electron chi connectivity index (χ3n) is 6.10. The first-order valence-electron chi connectivity index (χ1n) is 12.8. The highest BCUT2D eigenvalue weighted by atomic mass is 35.5. The fourth-order valence-corrected chi connectivity index (χ4v) is 4.35. The van der Waals surface area contributed by atoms with Gasteiger partial charge in [0.05, 0.1) is 13.2 Å². The van der Waals surface area contributed by atoms with Crippen LogP contribution in [0.25, 0.3) is 0 Å². The number of carbonyl (C=O) groups excluding carboxylic acids is 1. The summed E-state index contributed by atoms with van der Waals surface area (Å²) in [5, 5.41) is 7.85. The lowest BCUT2D eigenvalue weighted by Crippen LogP contribution is -2.50. The Hall–Kier alpha value is -2.61. The lowest BCUT2D eigenvalue weighted by molar-refractivity contribution is -0.123. The molecule has 2 aromatic rings. The van der Waals surface area contributed by atoms with E-state index in [1.54, 1.807) is 7.11 Å². The molecule has 0 bridgehead atoms. The fraction of sp³-hybridized carbons (Fsp3) is 0.500. The van der Waals surface area contributed by atoms with Crippen LogP contribution in [0.4, 0.5) is 0 Å². The molecule has 1 N–H and O–H groups in total. The highest BCUT2D eigenvalue weighted by molar-refractivity contribution is 6.30. The van der Waals surface area contributed by atoms with Crippen LogP contribution in [-0.4, -0.2) is 80.4 Å². The zero-order valence-corrected chi connectivity index (χ0v) is 22.5. The highest BCUT2D eigenvalue weighted by Crippen LogP contribution is 2.18. The molecule has 3 rings (SSSR count). The molecular weight excluding hydrogens is 476 g/mol. The maximum atomic E-state index is 11.9. The van der Waals surface area contributed by atoms with E-state index in [2.05, 4.69) is 20.3 Å². The van der Waals surface area contributed by atoms with Crippen molar-refractivity contribution in [1.82, 2.24) is 15.1 Å². The van der Waals surface area contributed by atoms with Gasteiger partial charge in [-0.1, -0.05) is 28.9 Å². The van der Waals surface area contributed by atoms with Gasteiger partial charge in [0.25, 0.3) is 0 Å². The molecule has 0 radical (unpaired) electrons. The number of benzene rings is 2. The first kappa shape index (κ1) is 28.0. The highest BCUT2D eigenvalue weighted by Gasteiger charge is 2.18.